The van der Waals surface area contributed by atoms with Gasteiger partial charge in [0.15, 0.2) is 17.3 Å². The van der Waals surface area contributed by atoms with E-state index in [1.54, 1.807) is 0 Å². The number of nitrogens with zero attached hydrogens (tertiary/aromatic N) is 3. The highest BCUT2D eigenvalue weighted by atomic mass is 16.6. The highest BCUT2D eigenvalue weighted by molar-refractivity contribution is 5.81. The van der Waals surface area contributed by atoms with E-state index in [2.05, 4.69) is 25.6 Å². The largest absolute Gasteiger partial charge is 0.453 e. The topological polar surface area (TPSA) is 101 Å². The molecule has 182 valence electrons. The standard InChI is InChI=1S/C26H28N4O5/c1-26(2,3)34-25(32)29-16-9-10-17(29)14-18(13-16)30-19-6-4-5-7-21(19)33-22-12-15(8-11-20(22)30)23-27-24(31)35-28-23/h4-8,11-12,16-18H,9-10,13-14H2,1-3H3,(H,27,28,31)/t16-,17+,18+. The minimum absolute atomic E-state index is 0.145. The van der Waals surface area contributed by atoms with Gasteiger partial charge < -0.3 is 19.3 Å². The van der Waals surface area contributed by atoms with Crippen molar-refractivity contribution >= 4 is 17.5 Å². The molecule has 9 heteroatoms. The van der Waals surface area contributed by atoms with Gasteiger partial charge in [0.2, 0.25) is 0 Å². The summed E-state index contributed by atoms with van der Waals surface area (Å²) in [6, 6.07) is 14.3. The van der Waals surface area contributed by atoms with E-state index in [-0.39, 0.29) is 24.2 Å². The number of aromatic nitrogens is 2. The Hall–Kier alpha value is -3.75. The molecule has 2 fully saturated rings. The van der Waals surface area contributed by atoms with Gasteiger partial charge in [-0.3, -0.25) is 9.51 Å². The normalized spacial score (nSPS) is 22.9. The maximum atomic E-state index is 13.0. The van der Waals surface area contributed by atoms with Gasteiger partial charge in [-0.05, 0) is 76.8 Å². The summed E-state index contributed by atoms with van der Waals surface area (Å²) >= 11 is 0. The van der Waals surface area contributed by atoms with Gasteiger partial charge in [-0.15, -0.1) is 0 Å². The Morgan fingerprint density at radius 1 is 1.03 bits per heavy atom. The van der Waals surface area contributed by atoms with Gasteiger partial charge in [-0.25, -0.2) is 9.59 Å². The van der Waals surface area contributed by atoms with Gasteiger partial charge in [0.05, 0.1) is 11.4 Å². The summed E-state index contributed by atoms with van der Waals surface area (Å²) in [7, 11) is 0. The molecule has 2 saturated heterocycles. The monoisotopic (exact) mass is 476 g/mol. The lowest BCUT2D eigenvalue weighted by Crippen LogP contribution is -2.53. The Kier molecular flexibility index (Phi) is 4.91. The van der Waals surface area contributed by atoms with Crippen LogP contribution in [0.3, 0.4) is 0 Å². The van der Waals surface area contributed by atoms with E-state index in [0.29, 0.717) is 17.1 Å². The molecule has 0 aliphatic carbocycles. The quantitative estimate of drug-likeness (QED) is 0.542. The average Bonchev–Trinajstić information content (AvgIpc) is 3.36. The van der Waals surface area contributed by atoms with E-state index < -0.39 is 11.4 Å². The van der Waals surface area contributed by atoms with Crippen LogP contribution in [-0.2, 0) is 4.74 Å². The molecular formula is C26H28N4O5. The van der Waals surface area contributed by atoms with Crippen molar-refractivity contribution in [2.75, 3.05) is 4.90 Å². The molecule has 3 aromatic rings. The lowest BCUT2D eigenvalue weighted by Gasteiger charge is -2.45. The highest BCUT2D eigenvalue weighted by Crippen LogP contribution is 2.51. The van der Waals surface area contributed by atoms with Crippen LogP contribution in [0.25, 0.3) is 11.4 Å². The van der Waals surface area contributed by atoms with Crippen molar-refractivity contribution in [1.29, 1.82) is 0 Å². The van der Waals surface area contributed by atoms with E-state index in [1.165, 1.54) is 0 Å². The van der Waals surface area contributed by atoms with Gasteiger partial charge in [0.1, 0.15) is 5.60 Å². The molecule has 1 amide bonds. The fraction of sp³-hybridized carbons (Fsp3) is 0.423. The number of hydrogen-bond acceptors (Lipinski definition) is 7. The third kappa shape index (κ3) is 3.84. The zero-order valence-corrected chi connectivity index (χ0v) is 20.0. The average molecular weight is 477 g/mol. The van der Waals surface area contributed by atoms with Crippen LogP contribution in [0.4, 0.5) is 16.2 Å². The van der Waals surface area contributed by atoms with E-state index in [0.717, 1.165) is 42.8 Å². The van der Waals surface area contributed by atoms with Crippen molar-refractivity contribution in [1.82, 2.24) is 15.0 Å². The molecule has 2 aromatic carbocycles. The number of carbonyl (C=O) groups excluding carboxylic acids is 1. The lowest BCUT2D eigenvalue weighted by atomic mass is 9.94. The number of fused-ring (bicyclic) bond motifs is 4. The Balaban J connectivity index is 1.34. The molecule has 9 nitrogen and oxygen atoms in total. The Labute approximate surface area is 202 Å². The maximum absolute atomic E-state index is 13.0. The second kappa shape index (κ2) is 7.90. The van der Waals surface area contributed by atoms with Crippen molar-refractivity contribution < 1.29 is 18.8 Å². The van der Waals surface area contributed by atoms with Gasteiger partial charge in [-0.2, -0.15) is 0 Å². The number of hydrogen-bond donors (Lipinski definition) is 1. The van der Waals surface area contributed by atoms with Crippen molar-refractivity contribution in [3.63, 3.8) is 0 Å². The number of carbonyl (C=O) groups is 1. The zero-order valence-electron chi connectivity index (χ0n) is 20.0. The number of H-pyrrole nitrogens is 1. The molecule has 6 rings (SSSR count). The first-order chi connectivity index (χ1) is 16.8. The summed E-state index contributed by atoms with van der Waals surface area (Å²) in [5, 5.41) is 3.80. The van der Waals surface area contributed by atoms with Crippen LogP contribution >= 0.6 is 0 Å². The second-order valence-corrected chi connectivity index (χ2v) is 10.5. The van der Waals surface area contributed by atoms with Gasteiger partial charge in [0, 0.05) is 23.7 Å². The van der Waals surface area contributed by atoms with Crippen LogP contribution in [0, 0.1) is 0 Å². The minimum Gasteiger partial charge on any atom is -0.453 e. The number of anilines is 2. The van der Waals surface area contributed by atoms with E-state index in [9.17, 15) is 9.59 Å². The molecule has 0 spiro atoms. The first-order valence-corrected chi connectivity index (χ1v) is 12.0. The summed E-state index contributed by atoms with van der Waals surface area (Å²) in [6.07, 6.45) is 3.46. The van der Waals surface area contributed by atoms with Crippen molar-refractivity contribution in [2.24, 2.45) is 0 Å². The molecule has 4 heterocycles. The molecule has 0 radical (unpaired) electrons. The fourth-order valence-corrected chi connectivity index (χ4v) is 5.65. The number of aromatic amines is 1. The van der Waals surface area contributed by atoms with Gasteiger partial charge >= 0.3 is 11.8 Å². The summed E-state index contributed by atoms with van der Waals surface area (Å²) in [5.74, 6) is 1.22. The molecule has 0 unspecified atom stereocenters. The fourth-order valence-electron chi connectivity index (χ4n) is 5.65. The molecule has 2 bridgehead atoms. The van der Waals surface area contributed by atoms with Crippen LogP contribution in [-0.4, -0.2) is 44.9 Å². The second-order valence-electron chi connectivity index (χ2n) is 10.5. The number of ether oxygens (including phenoxy) is 2. The van der Waals surface area contributed by atoms with E-state index in [4.69, 9.17) is 9.47 Å². The minimum atomic E-state index is -0.599. The van der Waals surface area contributed by atoms with Crippen LogP contribution in [0.5, 0.6) is 11.5 Å². The molecule has 35 heavy (non-hydrogen) atoms. The summed E-state index contributed by atoms with van der Waals surface area (Å²) in [4.78, 5) is 31.3. The number of nitrogens with one attached hydrogen (secondary N) is 1. The number of piperidine rings is 1. The lowest BCUT2D eigenvalue weighted by molar-refractivity contribution is 0.00613. The number of amides is 1. The smallest absolute Gasteiger partial charge is 0.439 e. The van der Waals surface area contributed by atoms with Crippen LogP contribution < -0.4 is 15.4 Å². The molecule has 1 N–H and O–H groups in total. The number of benzene rings is 2. The molecule has 3 atom stereocenters. The SMILES string of the molecule is CC(C)(C)OC(=O)N1[C@@H]2CC[C@H]1C[C@@H](N1c3ccccc3Oc3cc(-c4noc(=O)[nH]4)ccc31)C2. The van der Waals surface area contributed by atoms with Crippen LogP contribution in [0.15, 0.2) is 51.8 Å². The summed E-state index contributed by atoms with van der Waals surface area (Å²) in [5.41, 5.74) is 2.15. The Morgan fingerprint density at radius 3 is 2.43 bits per heavy atom. The maximum Gasteiger partial charge on any atom is 0.439 e. The van der Waals surface area contributed by atoms with Crippen molar-refractivity contribution in [2.45, 2.75) is 70.2 Å². The molecule has 0 saturated carbocycles. The Bertz CT molecular complexity index is 1330. The van der Waals surface area contributed by atoms with Crippen LogP contribution in [0.1, 0.15) is 46.5 Å². The zero-order chi connectivity index (χ0) is 24.3. The third-order valence-electron chi connectivity index (χ3n) is 6.96. The first kappa shape index (κ1) is 21.8. The van der Waals surface area contributed by atoms with Crippen LogP contribution in [0.2, 0.25) is 0 Å². The molecular weight excluding hydrogens is 448 g/mol. The first-order valence-electron chi connectivity index (χ1n) is 12.0. The van der Waals surface area contributed by atoms with Crippen molar-refractivity contribution in [3.05, 3.63) is 53.0 Å². The molecule has 1 aromatic heterocycles. The van der Waals surface area contributed by atoms with Crippen molar-refractivity contribution in [3.8, 4) is 22.9 Å². The van der Waals surface area contributed by atoms with Gasteiger partial charge in [0.25, 0.3) is 0 Å². The molecule has 3 aliphatic rings. The predicted octanol–water partition coefficient (Wildman–Crippen LogP) is 5.20. The number of para-hydroxylation sites is 2. The third-order valence-corrected chi connectivity index (χ3v) is 6.96. The summed E-state index contributed by atoms with van der Waals surface area (Å²) < 4.78 is 16.7. The molecule has 3 aliphatic heterocycles. The number of rotatable bonds is 2. The highest BCUT2D eigenvalue weighted by Gasteiger charge is 2.47. The predicted molar refractivity (Wildman–Crippen MR) is 129 cm³/mol. The van der Waals surface area contributed by atoms with E-state index >= 15 is 0 Å². The Morgan fingerprint density at radius 2 is 1.74 bits per heavy atom. The van der Waals surface area contributed by atoms with Gasteiger partial charge in [-0.1, -0.05) is 17.3 Å². The summed E-state index contributed by atoms with van der Waals surface area (Å²) in [6.45, 7) is 5.72. The van der Waals surface area contributed by atoms with E-state index in [1.807, 2.05) is 62.1 Å².